The number of rotatable bonds is 2. The highest BCUT2D eigenvalue weighted by atomic mass is 16.5. The lowest BCUT2D eigenvalue weighted by Crippen LogP contribution is -2.06. The third-order valence-electron chi connectivity index (χ3n) is 3.73. The van der Waals surface area contributed by atoms with Gasteiger partial charge in [-0.3, -0.25) is 0 Å². The maximum atomic E-state index is 10.1. The summed E-state index contributed by atoms with van der Waals surface area (Å²) in [7, 11) is 0. The number of nitrogens with one attached hydrogen (secondary N) is 1. The van der Waals surface area contributed by atoms with Crippen molar-refractivity contribution < 1.29 is 9.84 Å². The Morgan fingerprint density at radius 2 is 1.81 bits per heavy atom. The van der Waals surface area contributed by atoms with Crippen LogP contribution in [0.4, 0.5) is 0 Å². The number of hydrogen-bond acceptors (Lipinski definition) is 3. The molecule has 0 radical (unpaired) electrons. The van der Waals surface area contributed by atoms with Crippen LogP contribution in [0.3, 0.4) is 0 Å². The molecule has 1 aromatic heterocycles. The van der Waals surface area contributed by atoms with Crippen molar-refractivity contribution in [3.63, 3.8) is 0 Å². The van der Waals surface area contributed by atoms with E-state index in [-0.39, 0.29) is 12.0 Å². The van der Waals surface area contributed by atoms with Crippen LogP contribution in [0, 0.1) is 0 Å². The van der Waals surface area contributed by atoms with E-state index in [0.717, 1.165) is 16.5 Å². The first-order valence-electron chi connectivity index (χ1n) is 6.89. The Morgan fingerprint density at radius 3 is 2.67 bits per heavy atom. The fraction of sp³-hybridized carbons (Fsp3) is 0.118. The molecule has 3 aromatic rings. The predicted molar refractivity (Wildman–Crippen MR) is 81.6 cm³/mol. The second kappa shape index (κ2) is 4.66. The summed E-state index contributed by atoms with van der Waals surface area (Å²) >= 11 is 0. The molecule has 0 aliphatic carbocycles. The van der Waals surface area contributed by atoms with Crippen molar-refractivity contribution in [2.75, 3.05) is 6.54 Å². The summed E-state index contributed by atoms with van der Waals surface area (Å²) in [6.07, 6.45) is -0.0886. The molecule has 0 saturated carbocycles. The summed E-state index contributed by atoms with van der Waals surface area (Å²) in [6, 6.07) is 17.7. The first-order valence-corrected chi connectivity index (χ1v) is 6.89. The predicted octanol–water partition coefficient (Wildman–Crippen LogP) is 3.39. The summed E-state index contributed by atoms with van der Waals surface area (Å²) < 4.78 is 5.95. The molecule has 0 saturated heterocycles. The van der Waals surface area contributed by atoms with Gasteiger partial charge < -0.3 is 14.8 Å². The first kappa shape index (κ1) is 12.0. The van der Waals surface area contributed by atoms with E-state index < -0.39 is 0 Å². The molecule has 1 aliphatic rings. The quantitative estimate of drug-likeness (QED) is 0.755. The van der Waals surface area contributed by atoms with Gasteiger partial charge in [0.1, 0.15) is 11.7 Å². The summed E-state index contributed by atoms with van der Waals surface area (Å²) in [6.45, 7) is 0.568. The van der Waals surface area contributed by atoms with Crippen molar-refractivity contribution in [3.8, 4) is 5.88 Å². The maximum absolute atomic E-state index is 10.1. The van der Waals surface area contributed by atoms with E-state index in [4.69, 9.17) is 4.74 Å². The summed E-state index contributed by atoms with van der Waals surface area (Å²) in [5, 5.41) is 11.1. The zero-order chi connectivity index (χ0) is 14.2. The normalized spacial score (nSPS) is 17.7. The number of aromatic hydroxyl groups is 1. The number of aliphatic imine (C=N–C) groups is 1. The number of H-pyrrole nitrogens is 1. The third kappa shape index (κ3) is 1.96. The van der Waals surface area contributed by atoms with E-state index in [9.17, 15) is 5.11 Å². The average Bonchev–Trinajstić information content (AvgIpc) is 3.11. The highest BCUT2D eigenvalue weighted by Crippen LogP contribution is 2.33. The molecule has 0 unspecified atom stereocenters. The van der Waals surface area contributed by atoms with Gasteiger partial charge in [0.2, 0.25) is 11.8 Å². The highest BCUT2D eigenvalue weighted by molar-refractivity contribution is 6.09. The molecule has 104 valence electrons. The molecule has 4 rings (SSSR count). The van der Waals surface area contributed by atoms with E-state index in [1.165, 1.54) is 0 Å². The molecule has 4 nitrogen and oxygen atoms in total. The number of ether oxygens (including phenoxy) is 1. The molecule has 4 heteroatoms. The Kier molecular flexibility index (Phi) is 2.67. The van der Waals surface area contributed by atoms with Gasteiger partial charge >= 0.3 is 0 Å². The van der Waals surface area contributed by atoms with Gasteiger partial charge in [-0.25, -0.2) is 4.99 Å². The van der Waals surface area contributed by atoms with E-state index in [1.54, 1.807) is 0 Å². The third-order valence-corrected chi connectivity index (χ3v) is 3.73. The zero-order valence-corrected chi connectivity index (χ0v) is 11.3. The van der Waals surface area contributed by atoms with Crippen LogP contribution in [0.5, 0.6) is 5.88 Å². The summed E-state index contributed by atoms with van der Waals surface area (Å²) in [4.78, 5) is 7.41. The number of benzene rings is 2. The topological polar surface area (TPSA) is 57.6 Å². The number of para-hydroxylation sites is 1. The molecule has 2 aromatic carbocycles. The van der Waals surface area contributed by atoms with Crippen molar-refractivity contribution in [2.45, 2.75) is 6.10 Å². The lowest BCUT2D eigenvalue weighted by molar-refractivity contribution is 0.230. The number of nitrogens with zero attached hydrogens (tertiary/aromatic N) is 1. The van der Waals surface area contributed by atoms with Gasteiger partial charge in [0.25, 0.3) is 0 Å². The Morgan fingerprint density at radius 1 is 1.05 bits per heavy atom. The fourth-order valence-electron chi connectivity index (χ4n) is 2.70. The van der Waals surface area contributed by atoms with Crippen molar-refractivity contribution in [1.82, 2.24) is 4.98 Å². The van der Waals surface area contributed by atoms with Crippen LogP contribution < -0.4 is 0 Å². The minimum atomic E-state index is -0.0886. The zero-order valence-electron chi connectivity index (χ0n) is 11.3. The molecule has 1 aliphatic heterocycles. The summed E-state index contributed by atoms with van der Waals surface area (Å²) in [5.41, 5.74) is 2.61. The van der Waals surface area contributed by atoms with Gasteiger partial charge in [0.15, 0.2) is 0 Å². The van der Waals surface area contributed by atoms with Crippen molar-refractivity contribution in [3.05, 3.63) is 65.7 Å². The van der Waals surface area contributed by atoms with Crippen molar-refractivity contribution in [2.24, 2.45) is 4.99 Å². The lowest BCUT2D eigenvalue weighted by Gasteiger charge is -2.11. The SMILES string of the molecule is Oc1[nH]c2ccccc2c1C1=NC[C@@H](c2ccccc2)O1. The van der Waals surface area contributed by atoms with Gasteiger partial charge in [-0.2, -0.15) is 0 Å². The molecule has 2 N–H and O–H groups in total. The monoisotopic (exact) mass is 278 g/mol. The molecule has 21 heavy (non-hydrogen) atoms. The standard InChI is InChI=1S/C17H14N2O2/c20-16-15(12-8-4-5-9-13(12)19-16)17-18-10-14(21-17)11-6-2-1-3-7-11/h1-9,14,19-20H,10H2/t14-/m0/s1. The fourth-order valence-corrected chi connectivity index (χ4v) is 2.70. The van der Waals surface area contributed by atoms with E-state index >= 15 is 0 Å². The van der Waals surface area contributed by atoms with Crippen LogP contribution in [0.25, 0.3) is 10.9 Å². The van der Waals surface area contributed by atoms with Crippen LogP contribution in [0.2, 0.25) is 0 Å². The highest BCUT2D eigenvalue weighted by Gasteiger charge is 2.26. The van der Waals surface area contributed by atoms with Crippen molar-refractivity contribution in [1.29, 1.82) is 0 Å². The van der Waals surface area contributed by atoms with Crippen LogP contribution in [0.15, 0.2) is 59.6 Å². The minimum Gasteiger partial charge on any atom is -0.494 e. The van der Waals surface area contributed by atoms with Gasteiger partial charge in [0.05, 0.1) is 6.54 Å². The molecule has 0 amide bonds. The maximum Gasteiger partial charge on any atom is 0.223 e. The van der Waals surface area contributed by atoms with E-state index in [1.807, 2.05) is 54.6 Å². The number of aromatic amines is 1. The molecule has 1 atom stereocenters. The Balaban J connectivity index is 1.70. The van der Waals surface area contributed by atoms with Gasteiger partial charge in [-0.05, 0) is 11.6 Å². The largest absolute Gasteiger partial charge is 0.494 e. The second-order valence-electron chi connectivity index (χ2n) is 5.06. The summed E-state index contributed by atoms with van der Waals surface area (Å²) in [5.74, 6) is 0.600. The molecule has 0 bridgehead atoms. The number of hydrogen-bond donors (Lipinski definition) is 2. The number of fused-ring (bicyclic) bond motifs is 1. The van der Waals surface area contributed by atoms with Gasteiger partial charge in [-0.15, -0.1) is 0 Å². The molecular formula is C17H14N2O2. The van der Waals surface area contributed by atoms with Gasteiger partial charge in [0, 0.05) is 10.9 Å². The van der Waals surface area contributed by atoms with Gasteiger partial charge in [-0.1, -0.05) is 48.5 Å². The van der Waals surface area contributed by atoms with E-state index in [2.05, 4.69) is 9.98 Å². The molecule has 0 fully saturated rings. The minimum absolute atomic E-state index is 0.0886. The van der Waals surface area contributed by atoms with Crippen LogP contribution in [-0.2, 0) is 4.74 Å². The Hall–Kier alpha value is -2.75. The Labute approximate surface area is 121 Å². The number of aromatic nitrogens is 1. The molecular weight excluding hydrogens is 264 g/mol. The molecule has 2 heterocycles. The first-order chi connectivity index (χ1) is 10.3. The lowest BCUT2D eigenvalue weighted by atomic mass is 10.1. The van der Waals surface area contributed by atoms with Crippen LogP contribution in [-0.4, -0.2) is 22.5 Å². The van der Waals surface area contributed by atoms with Crippen molar-refractivity contribution >= 4 is 16.8 Å². The van der Waals surface area contributed by atoms with Crippen LogP contribution in [0.1, 0.15) is 17.2 Å². The average molecular weight is 278 g/mol. The smallest absolute Gasteiger partial charge is 0.223 e. The molecule has 0 spiro atoms. The van der Waals surface area contributed by atoms with Crippen LogP contribution >= 0.6 is 0 Å². The Bertz CT molecular complexity index is 821. The second-order valence-corrected chi connectivity index (χ2v) is 5.06. The van der Waals surface area contributed by atoms with E-state index in [0.29, 0.717) is 18.0 Å².